The molecule has 1 saturated heterocycles. The van der Waals surface area contributed by atoms with Crippen LogP contribution in [0, 0.1) is 5.82 Å². The predicted molar refractivity (Wildman–Crippen MR) is 77.7 cm³/mol. The second kappa shape index (κ2) is 6.53. The first-order valence-corrected chi connectivity index (χ1v) is 8.68. The number of hydrogen-bond acceptors (Lipinski definition) is 3. The number of aryl methyl sites for hydroxylation is 1. The molecule has 0 unspecified atom stereocenters. The molecule has 1 aliphatic rings. The highest BCUT2D eigenvalue weighted by Gasteiger charge is 2.25. The van der Waals surface area contributed by atoms with E-state index >= 15 is 0 Å². The van der Waals surface area contributed by atoms with Crippen LogP contribution in [-0.2, 0) is 21.2 Å². The van der Waals surface area contributed by atoms with Crippen LogP contribution < -0.4 is 0 Å². The van der Waals surface area contributed by atoms with E-state index in [4.69, 9.17) is 0 Å². The van der Waals surface area contributed by atoms with Crippen molar-refractivity contribution >= 4 is 15.9 Å². The Kier molecular flexibility index (Phi) is 4.95. The summed E-state index contributed by atoms with van der Waals surface area (Å²) < 4.78 is 37.2. The van der Waals surface area contributed by atoms with Crippen molar-refractivity contribution in [1.29, 1.82) is 0 Å². The Bertz CT molecular complexity index is 610. The zero-order chi connectivity index (χ0) is 15.5. The average Bonchev–Trinajstić information content (AvgIpc) is 2.44. The molecule has 0 bridgehead atoms. The van der Waals surface area contributed by atoms with Crippen molar-refractivity contribution in [3.05, 3.63) is 35.6 Å². The summed E-state index contributed by atoms with van der Waals surface area (Å²) in [6.45, 7) is 1.50. The van der Waals surface area contributed by atoms with E-state index in [2.05, 4.69) is 0 Å². The molecule has 1 aromatic rings. The van der Waals surface area contributed by atoms with Crippen LogP contribution in [0.2, 0.25) is 0 Å². The monoisotopic (exact) mass is 314 g/mol. The Morgan fingerprint density at radius 1 is 1.24 bits per heavy atom. The van der Waals surface area contributed by atoms with Gasteiger partial charge < -0.3 is 4.90 Å². The summed E-state index contributed by atoms with van der Waals surface area (Å²) in [6.07, 6.45) is 1.97. The third-order valence-corrected chi connectivity index (χ3v) is 4.88. The van der Waals surface area contributed by atoms with Gasteiger partial charge in [-0.05, 0) is 24.1 Å². The van der Waals surface area contributed by atoms with Crippen molar-refractivity contribution < 1.29 is 17.6 Å². The highest BCUT2D eigenvalue weighted by atomic mass is 32.2. The fourth-order valence-electron chi connectivity index (χ4n) is 2.37. The topological polar surface area (TPSA) is 57.7 Å². The van der Waals surface area contributed by atoms with Gasteiger partial charge in [0.25, 0.3) is 0 Å². The number of amides is 1. The predicted octanol–water partition coefficient (Wildman–Crippen LogP) is 0.862. The van der Waals surface area contributed by atoms with E-state index in [1.54, 1.807) is 17.0 Å². The molecule has 7 heteroatoms. The third-order valence-electron chi connectivity index (χ3n) is 3.58. The Morgan fingerprint density at radius 2 is 1.90 bits per heavy atom. The van der Waals surface area contributed by atoms with E-state index < -0.39 is 10.0 Å². The standard InChI is InChI=1S/C14H19FN2O3S/c1-21(19,20)17-9-7-16(8-10-17)14(18)6-5-12-3-2-4-13(15)11-12/h2-4,11H,5-10H2,1H3. The molecule has 0 radical (unpaired) electrons. The molecule has 0 aliphatic carbocycles. The van der Waals surface area contributed by atoms with Gasteiger partial charge in [0.15, 0.2) is 0 Å². The van der Waals surface area contributed by atoms with Crippen LogP contribution in [0.15, 0.2) is 24.3 Å². The van der Waals surface area contributed by atoms with Crippen molar-refractivity contribution in [2.75, 3.05) is 32.4 Å². The minimum absolute atomic E-state index is 0.0209. The van der Waals surface area contributed by atoms with Gasteiger partial charge in [-0.2, -0.15) is 4.31 Å². The number of benzene rings is 1. The maximum Gasteiger partial charge on any atom is 0.222 e. The van der Waals surface area contributed by atoms with Crippen molar-refractivity contribution in [3.8, 4) is 0 Å². The van der Waals surface area contributed by atoms with Gasteiger partial charge in [0.2, 0.25) is 15.9 Å². The molecule has 1 amide bonds. The Morgan fingerprint density at radius 3 is 2.48 bits per heavy atom. The molecule has 2 rings (SSSR count). The lowest BCUT2D eigenvalue weighted by molar-refractivity contribution is -0.132. The Hall–Kier alpha value is -1.47. The molecule has 116 valence electrons. The van der Waals surface area contributed by atoms with Gasteiger partial charge in [0.1, 0.15) is 5.82 Å². The van der Waals surface area contributed by atoms with Crippen molar-refractivity contribution in [2.24, 2.45) is 0 Å². The van der Waals surface area contributed by atoms with Crippen molar-refractivity contribution in [3.63, 3.8) is 0 Å². The van der Waals surface area contributed by atoms with E-state index in [1.165, 1.54) is 22.7 Å². The van der Waals surface area contributed by atoms with Crippen LogP contribution in [0.1, 0.15) is 12.0 Å². The highest BCUT2D eigenvalue weighted by molar-refractivity contribution is 7.88. The summed E-state index contributed by atoms with van der Waals surface area (Å²) in [5.74, 6) is -0.325. The summed E-state index contributed by atoms with van der Waals surface area (Å²) in [5.41, 5.74) is 0.790. The van der Waals surface area contributed by atoms with E-state index in [0.717, 1.165) is 5.56 Å². The van der Waals surface area contributed by atoms with Crippen LogP contribution >= 0.6 is 0 Å². The molecule has 1 heterocycles. The highest BCUT2D eigenvalue weighted by Crippen LogP contribution is 2.10. The molecule has 0 N–H and O–H groups in total. The number of nitrogens with zero attached hydrogens (tertiary/aromatic N) is 2. The summed E-state index contributed by atoms with van der Waals surface area (Å²) in [6, 6.07) is 6.21. The van der Waals surface area contributed by atoms with E-state index in [0.29, 0.717) is 39.0 Å². The number of rotatable bonds is 4. The fraction of sp³-hybridized carbons (Fsp3) is 0.500. The van der Waals surface area contributed by atoms with Crippen molar-refractivity contribution in [1.82, 2.24) is 9.21 Å². The normalized spacial score (nSPS) is 17.0. The molecule has 5 nitrogen and oxygen atoms in total. The van der Waals surface area contributed by atoms with Gasteiger partial charge in [-0.15, -0.1) is 0 Å². The van der Waals surface area contributed by atoms with Crippen LogP contribution in [0.4, 0.5) is 4.39 Å². The lowest BCUT2D eigenvalue weighted by Crippen LogP contribution is -2.50. The second-order valence-corrected chi connectivity index (χ2v) is 7.16. The number of sulfonamides is 1. The molecule has 0 aromatic heterocycles. The average molecular weight is 314 g/mol. The largest absolute Gasteiger partial charge is 0.340 e. The molecule has 1 aliphatic heterocycles. The van der Waals surface area contributed by atoms with E-state index in [1.807, 2.05) is 0 Å². The number of carbonyl (C=O) groups is 1. The molecule has 1 fully saturated rings. The molecule has 1 aromatic carbocycles. The van der Waals surface area contributed by atoms with Gasteiger partial charge in [0, 0.05) is 32.6 Å². The van der Waals surface area contributed by atoms with E-state index in [9.17, 15) is 17.6 Å². The Balaban J connectivity index is 1.83. The second-order valence-electron chi connectivity index (χ2n) is 5.17. The molecule has 0 saturated carbocycles. The van der Waals surface area contributed by atoms with Gasteiger partial charge >= 0.3 is 0 Å². The molecule has 21 heavy (non-hydrogen) atoms. The van der Waals surface area contributed by atoms with E-state index in [-0.39, 0.29) is 11.7 Å². The first kappa shape index (κ1) is 15.9. The van der Waals surface area contributed by atoms with Crippen LogP contribution in [0.5, 0.6) is 0 Å². The molecule has 0 atom stereocenters. The van der Waals surface area contributed by atoms with Crippen LogP contribution in [0.25, 0.3) is 0 Å². The number of halogens is 1. The minimum Gasteiger partial charge on any atom is -0.340 e. The maximum atomic E-state index is 13.0. The number of carbonyl (C=O) groups excluding carboxylic acids is 1. The summed E-state index contributed by atoms with van der Waals surface area (Å²) in [7, 11) is -3.18. The fourth-order valence-corrected chi connectivity index (χ4v) is 3.20. The first-order valence-electron chi connectivity index (χ1n) is 6.83. The van der Waals surface area contributed by atoms with Gasteiger partial charge in [-0.3, -0.25) is 4.79 Å². The molecular formula is C14H19FN2O3S. The van der Waals surface area contributed by atoms with Crippen LogP contribution in [-0.4, -0.2) is 56.0 Å². The maximum absolute atomic E-state index is 13.0. The Labute approximate surface area is 124 Å². The van der Waals surface area contributed by atoms with Crippen molar-refractivity contribution in [2.45, 2.75) is 12.8 Å². The van der Waals surface area contributed by atoms with Gasteiger partial charge in [0.05, 0.1) is 6.26 Å². The SMILES string of the molecule is CS(=O)(=O)N1CCN(C(=O)CCc2cccc(F)c2)CC1. The molecular weight excluding hydrogens is 295 g/mol. The quantitative estimate of drug-likeness (QED) is 0.828. The van der Waals surface area contributed by atoms with Crippen LogP contribution in [0.3, 0.4) is 0 Å². The number of piperazine rings is 1. The number of hydrogen-bond donors (Lipinski definition) is 0. The summed E-state index contributed by atoms with van der Waals surface area (Å²) in [5, 5.41) is 0. The molecule has 0 spiro atoms. The minimum atomic E-state index is -3.18. The smallest absolute Gasteiger partial charge is 0.222 e. The third kappa shape index (κ3) is 4.50. The lowest BCUT2D eigenvalue weighted by Gasteiger charge is -2.33. The van der Waals surface area contributed by atoms with Gasteiger partial charge in [-0.25, -0.2) is 12.8 Å². The zero-order valence-electron chi connectivity index (χ0n) is 12.0. The van der Waals surface area contributed by atoms with Gasteiger partial charge in [-0.1, -0.05) is 12.1 Å². The summed E-state index contributed by atoms with van der Waals surface area (Å²) >= 11 is 0. The zero-order valence-corrected chi connectivity index (χ0v) is 12.8. The first-order chi connectivity index (χ1) is 9.86. The summed E-state index contributed by atoms with van der Waals surface area (Å²) in [4.78, 5) is 13.7. The lowest BCUT2D eigenvalue weighted by atomic mass is 10.1.